The molecule has 2 heterocycles. The number of nitrogens with zero attached hydrogens (tertiary/aromatic N) is 1. The molecular weight excluding hydrogens is 190 g/mol. The number of rotatable bonds is 2. The van der Waals surface area contributed by atoms with Crippen molar-refractivity contribution >= 4 is 11.6 Å². The normalized spacial score (nSPS) is 36.2. The number of ether oxygens (including phenoxy) is 1. The molecule has 1 saturated heterocycles. The fraction of sp³-hybridized carbons (Fsp3) is 0.667. The van der Waals surface area contributed by atoms with Gasteiger partial charge in [-0.1, -0.05) is 0 Å². The van der Waals surface area contributed by atoms with Crippen LogP contribution in [0.3, 0.4) is 0 Å². The zero-order chi connectivity index (χ0) is 8.84. The first-order valence-electron chi connectivity index (χ1n) is 4.48. The van der Waals surface area contributed by atoms with Gasteiger partial charge in [-0.2, -0.15) is 0 Å². The summed E-state index contributed by atoms with van der Waals surface area (Å²) < 4.78 is 10.8. The van der Waals surface area contributed by atoms with Crippen molar-refractivity contribution < 1.29 is 9.15 Å². The molecule has 2 unspecified atom stereocenters. The van der Waals surface area contributed by atoms with E-state index >= 15 is 0 Å². The van der Waals surface area contributed by atoms with Crippen LogP contribution < -0.4 is 0 Å². The second-order valence-electron chi connectivity index (χ2n) is 3.68. The average Bonchev–Trinajstić information content (AvgIpc) is 2.65. The zero-order valence-corrected chi connectivity index (χ0v) is 7.83. The molecule has 0 radical (unpaired) electrons. The van der Waals surface area contributed by atoms with E-state index in [0.717, 1.165) is 19.0 Å². The van der Waals surface area contributed by atoms with E-state index in [2.05, 4.69) is 4.98 Å². The molecule has 0 aromatic carbocycles. The van der Waals surface area contributed by atoms with Crippen LogP contribution in [0.15, 0.2) is 10.6 Å². The summed E-state index contributed by atoms with van der Waals surface area (Å²) in [5.41, 5.74) is 0. The molecule has 0 N–H and O–H groups in total. The quantitative estimate of drug-likeness (QED) is 0.681. The molecule has 0 amide bonds. The van der Waals surface area contributed by atoms with Crippen molar-refractivity contribution in [2.24, 2.45) is 11.8 Å². The van der Waals surface area contributed by atoms with Crippen molar-refractivity contribution in [1.82, 2.24) is 4.98 Å². The lowest BCUT2D eigenvalue weighted by Gasteiger charge is -1.98. The van der Waals surface area contributed by atoms with Crippen LogP contribution in [0.2, 0.25) is 0 Å². The highest BCUT2D eigenvalue weighted by Gasteiger charge is 2.56. The lowest BCUT2D eigenvalue weighted by molar-refractivity contribution is 0.157. The zero-order valence-electron chi connectivity index (χ0n) is 7.07. The van der Waals surface area contributed by atoms with Crippen LogP contribution in [0.1, 0.15) is 17.6 Å². The second kappa shape index (κ2) is 2.72. The number of hydrogen-bond donors (Lipinski definition) is 0. The van der Waals surface area contributed by atoms with Gasteiger partial charge in [0.05, 0.1) is 25.3 Å². The molecule has 3 nitrogen and oxygen atoms in total. The predicted molar refractivity (Wildman–Crippen MR) is 46.6 cm³/mol. The Labute approximate surface area is 81.0 Å². The molecule has 70 valence electrons. The van der Waals surface area contributed by atoms with E-state index in [4.69, 9.17) is 20.8 Å². The van der Waals surface area contributed by atoms with Gasteiger partial charge in [0.25, 0.3) is 0 Å². The van der Waals surface area contributed by atoms with Crippen molar-refractivity contribution in [3.63, 3.8) is 0 Å². The molecule has 3 rings (SSSR count). The molecule has 1 aromatic rings. The number of fused-ring (bicyclic) bond motifs is 1. The summed E-state index contributed by atoms with van der Waals surface area (Å²) in [5.74, 6) is 3.89. The first kappa shape index (κ1) is 7.83. The summed E-state index contributed by atoms with van der Waals surface area (Å²) in [5, 5.41) is 0. The molecule has 0 bridgehead atoms. The van der Waals surface area contributed by atoms with Crippen LogP contribution in [-0.4, -0.2) is 18.2 Å². The van der Waals surface area contributed by atoms with Crippen molar-refractivity contribution in [1.29, 1.82) is 0 Å². The van der Waals surface area contributed by atoms with Gasteiger partial charge in [-0.25, -0.2) is 4.98 Å². The fourth-order valence-corrected chi connectivity index (χ4v) is 2.33. The molecule has 1 saturated carbocycles. The van der Waals surface area contributed by atoms with Gasteiger partial charge in [0.2, 0.25) is 5.89 Å². The van der Waals surface area contributed by atoms with Crippen LogP contribution in [0.25, 0.3) is 0 Å². The van der Waals surface area contributed by atoms with E-state index in [0.29, 0.717) is 29.5 Å². The van der Waals surface area contributed by atoms with Crippen LogP contribution in [0.5, 0.6) is 0 Å². The molecule has 1 aromatic heterocycles. The Morgan fingerprint density at radius 2 is 2.23 bits per heavy atom. The topological polar surface area (TPSA) is 35.3 Å². The van der Waals surface area contributed by atoms with Gasteiger partial charge in [-0.3, -0.25) is 0 Å². The first-order chi connectivity index (χ1) is 6.40. The molecule has 1 aliphatic heterocycles. The third kappa shape index (κ3) is 1.11. The summed E-state index contributed by atoms with van der Waals surface area (Å²) in [4.78, 5) is 4.08. The molecule has 2 aliphatic rings. The Morgan fingerprint density at radius 1 is 1.46 bits per heavy atom. The fourth-order valence-electron chi connectivity index (χ4n) is 2.20. The Hall–Kier alpha value is -0.540. The van der Waals surface area contributed by atoms with Crippen LogP contribution in [-0.2, 0) is 10.6 Å². The summed E-state index contributed by atoms with van der Waals surface area (Å²) in [6.07, 6.45) is 1.81. The minimum atomic E-state index is 0.360. The molecular formula is C9H10ClNO2. The van der Waals surface area contributed by atoms with Gasteiger partial charge in [0.1, 0.15) is 5.76 Å². The van der Waals surface area contributed by atoms with E-state index in [1.807, 2.05) is 0 Å². The van der Waals surface area contributed by atoms with Gasteiger partial charge >= 0.3 is 0 Å². The smallest absolute Gasteiger partial charge is 0.209 e. The maximum Gasteiger partial charge on any atom is 0.209 e. The maximum absolute atomic E-state index is 5.61. The predicted octanol–water partition coefficient (Wildman–Crippen LogP) is 1.77. The third-order valence-electron chi connectivity index (χ3n) is 2.97. The Kier molecular flexibility index (Phi) is 1.64. The Balaban J connectivity index is 1.79. The highest BCUT2D eigenvalue weighted by atomic mass is 35.5. The van der Waals surface area contributed by atoms with Gasteiger partial charge < -0.3 is 9.15 Å². The lowest BCUT2D eigenvalue weighted by atomic mass is 10.2. The molecule has 4 heteroatoms. The summed E-state index contributed by atoms with van der Waals surface area (Å²) in [7, 11) is 0. The van der Waals surface area contributed by atoms with Crippen molar-refractivity contribution in [2.75, 3.05) is 13.2 Å². The molecule has 0 spiro atoms. The number of hydrogen-bond acceptors (Lipinski definition) is 3. The second-order valence-corrected chi connectivity index (χ2v) is 3.95. The van der Waals surface area contributed by atoms with E-state index in [9.17, 15) is 0 Å². The lowest BCUT2D eigenvalue weighted by Crippen LogP contribution is -1.95. The average molecular weight is 200 g/mol. The van der Waals surface area contributed by atoms with Gasteiger partial charge in [-0.15, -0.1) is 11.6 Å². The monoisotopic (exact) mass is 199 g/mol. The standard InChI is InChI=1S/C9H10ClNO2/c10-1-8-11-2-7(13-8)9-5-3-12-4-6(5)9/h2,5-6,9H,1,3-4H2. The number of halogens is 1. The van der Waals surface area contributed by atoms with E-state index in [1.165, 1.54) is 0 Å². The van der Waals surface area contributed by atoms with E-state index < -0.39 is 0 Å². The Morgan fingerprint density at radius 3 is 2.85 bits per heavy atom. The third-order valence-corrected chi connectivity index (χ3v) is 3.20. The van der Waals surface area contributed by atoms with E-state index in [1.54, 1.807) is 6.20 Å². The first-order valence-corrected chi connectivity index (χ1v) is 5.02. The number of oxazole rings is 1. The SMILES string of the molecule is ClCc1ncc(C2C3COCC32)o1. The molecule has 2 atom stereocenters. The summed E-state index contributed by atoms with van der Waals surface area (Å²) in [6, 6.07) is 0. The molecule has 2 fully saturated rings. The van der Waals surface area contributed by atoms with Crippen molar-refractivity contribution in [3.8, 4) is 0 Å². The highest BCUT2D eigenvalue weighted by Crippen LogP contribution is 2.57. The van der Waals surface area contributed by atoms with E-state index in [-0.39, 0.29) is 0 Å². The van der Waals surface area contributed by atoms with Crippen molar-refractivity contribution in [2.45, 2.75) is 11.8 Å². The number of aromatic nitrogens is 1. The Bertz CT molecular complexity index is 315. The van der Waals surface area contributed by atoms with Crippen LogP contribution >= 0.6 is 11.6 Å². The molecule has 1 aliphatic carbocycles. The minimum absolute atomic E-state index is 0.360. The number of alkyl halides is 1. The molecule has 13 heavy (non-hydrogen) atoms. The van der Waals surface area contributed by atoms with Crippen LogP contribution in [0.4, 0.5) is 0 Å². The summed E-state index contributed by atoms with van der Waals surface area (Å²) >= 11 is 5.61. The largest absolute Gasteiger partial charge is 0.444 e. The van der Waals surface area contributed by atoms with Crippen LogP contribution in [0, 0.1) is 11.8 Å². The summed E-state index contributed by atoms with van der Waals surface area (Å²) in [6.45, 7) is 1.76. The van der Waals surface area contributed by atoms with Gasteiger partial charge in [0.15, 0.2) is 0 Å². The highest BCUT2D eigenvalue weighted by molar-refractivity contribution is 6.16. The van der Waals surface area contributed by atoms with Crippen molar-refractivity contribution in [3.05, 3.63) is 17.8 Å². The minimum Gasteiger partial charge on any atom is -0.444 e. The maximum atomic E-state index is 5.61. The van der Waals surface area contributed by atoms with Gasteiger partial charge in [0, 0.05) is 5.92 Å². The van der Waals surface area contributed by atoms with Gasteiger partial charge in [-0.05, 0) is 11.8 Å².